The van der Waals surface area contributed by atoms with Gasteiger partial charge < -0.3 is 10.2 Å². The third-order valence-electron chi connectivity index (χ3n) is 4.56. The van der Waals surface area contributed by atoms with Crippen LogP contribution in [0.15, 0.2) is 48.5 Å². The Kier molecular flexibility index (Phi) is 9.66. The molecule has 1 atom stereocenters. The molecule has 0 spiro atoms. The van der Waals surface area contributed by atoms with Crippen molar-refractivity contribution in [2.24, 2.45) is 0 Å². The van der Waals surface area contributed by atoms with Crippen LogP contribution in [0.2, 0.25) is 5.02 Å². The molecule has 30 heavy (non-hydrogen) atoms. The van der Waals surface area contributed by atoms with Gasteiger partial charge in [0.15, 0.2) is 0 Å². The fraction of sp³-hybridized carbons (Fsp3) is 0.391. The number of thioether (sulfide) groups is 1. The monoisotopic (exact) mass is 450 g/mol. The van der Waals surface area contributed by atoms with Gasteiger partial charge in [-0.25, -0.2) is 4.39 Å². The van der Waals surface area contributed by atoms with Crippen molar-refractivity contribution in [1.29, 1.82) is 0 Å². The summed E-state index contributed by atoms with van der Waals surface area (Å²) in [6.45, 7) is 5.89. The lowest BCUT2D eigenvalue weighted by atomic mass is 10.1. The molecule has 0 saturated carbocycles. The van der Waals surface area contributed by atoms with Crippen molar-refractivity contribution in [2.75, 3.05) is 5.75 Å². The minimum atomic E-state index is -0.606. The van der Waals surface area contributed by atoms with Crippen molar-refractivity contribution < 1.29 is 14.0 Å². The fourth-order valence-electron chi connectivity index (χ4n) is 3.06. The van der Waals surface area contributed by atoms with Crippen molar-refractivity contribution in [2.45, 2.75) is 51.6 Å². The van der Waals surface area contributed by atoms with E-state index in [2.05, 4.69) is 5.32 Å². The van der Waals surface area contributed by atoms with Gasteiger partial charge in [0.05, 0.1) is 5.75 Å². The van der Waals surface area contributed by atoms with Crippen LogP contribution in [0.5, 0.6) is 0 Å². The Morgan fingerprint density at radius 2 is 1.73 bits per heavy atom. The van der Waals surface area contributed by atoms with Gasteiger partial charge in [-0.15, -0.1) is 11.8 Å². The van der Waals surface area contributed by atoms with Crippen molar-refractivity contribution >= 4 is 35.2 Å². The molecular weight excluding hydrogens is 423 g/mol. The first-order valence-corrected chi connectivity index (χ1v) is 11.5. The summed E-state index contributed by atoms with van der Waals surface area (Å²) in [5, 5.41) is 3.45. The average Bonchev–Trinajstić information content (AvgIpc) is 2.70. The van der Waals surface area contributed by atoms with Crippen molar-refractivity contribution in [3.63, 3.8) is 0 Å². The first kappa shape index (κ1) is 24.2. The van der Waals surface area contributed by atoms with Crippen LogP contribution in [0.3, 0.4) is 0 Å². The van der Waals surface area contributed by atoms with Gasteiger partial charge in [0.2, 0.25) is 11.8 Å². The number of rotatable bonds is 10. The molecule has 2 rings (SSSR count). The zero-order valence-corrected chi connectivity index (χ0v) is 19.1. The Bertz CT molecular complexity index is 863. The molecule has 7 heteroatoms. The van der Waals surface area contributed by atoms with Gasteiger partial charge in [0.1, 0.15) is 11.9 Å². The van der Waals surface area contributed by atoms with Crippen LogP contribution in [0, 0.1) is 5.82 Å². The van der Waals surface area contributed by atoms with E-state index < -0.39 is 6.04 Å². The molecule has 0 aromatic heterocycles. The summed E-state index contributed by atoms with van der Waals surface area (Å²) in [4.78, 5) is 27.4. The Balaban J connectivity index is 2.16. The van der Waals surface area contributed by atoms with Crippen LogP contribution >= 0.6 is 23.4 Å². The summed E-state index contributed by atoms with van der Waals surface area (Å²) in [6.07, 6.45) is 0.479. The second-order valence-corrected chi connectivity index (χ2v) is 8.68. The second-order valence-electron chi connectivity index (χ2n) is 7.28. The van der Waals surface area contributed by atoms with E-state index in [9.17, 15) is 14.0 Å². The first-order chi connectivity index (χ1) is 14.3. The number of carbonyl (C=O) groups is 2. The summed E-state index contributed by atoms with van der Waals surface area (Å²) in [5.74, 6) is -0.125. The maximum absolute atomic E-state index is 13.8. The summed E-state index contributed by atoms with van der Waals surface area (Å²) in [5.41, 5.74) is 1.33. The van der Waals surface area contributed by atoms with Gasteiger partial charge in [0, 0.05) is 23.4 Å². The van der Waals surface area contributed by atoms with E-state index in [-0.39, 0.29) is 36.0 Å². The smallest absolute Gasteiger partial charge is 0.243 e. The van der Waals surface area contributed by atoms with Crippen LogP contribution in [0.1, 0.15) is 38.3 Å². The Morgan fingerprint density at radius 1 is 1.10 bits per heavy atom. The lowest BCUT2D eigenvalue weighted by Crippen LogP contribution is -2.51. The maximum Gasteiger partial charge on any atom is 0.243 e. The third kappa shape index (κ3) is 7.03. The third-order valence-corrected chi connectivity index (χ3v) is 5.89. The highest BCUT2D eigenvalue weighted by atomic mass is 35.5. The van der Waals surface area contributed by atoms with Gasteiger partial charge in [-0.05, 0) is 43.5 Å². The molecule has 0 saturated heterocycles. The molecule has 0 aliphatic rings. The topological polar surface area (TPSA) is 49.4 Å². The van der Waals surface area contributed by atoms with E-state index in [1.54, 1.807) is 29.2 Å². The summed E-state index contributed by atoms with van der Waals surface area (Å²) < 4.78 is 13.8. The first-order valence-electron chi connectivity index (χ1n) is 9.97. The fourth-order valence-corrected chi connectivity index (χ4v) is 4.15. The number of amides is 2. The molecule has 4 nitrogen and oxygen atoms in total. The summed E-state index contributed by atoms with van der Waals surface area (Å²) in [6, 6.07) is 13.2. The number of benzene rings is 2. The van der Waals surface area contributed by atoms with E-state index in [0.717, 1.165) is 5.56 Å². The minimum absolute atomic E-state index is 0.0285. The minimum Gasteiger partial charge on any atom is -0.352 e. The highest BCUT2D eigenvalue weighted by Gasteiger charge is 2.29. The zero-order chi connectivity index (χ0) is 22.1. The van der Waals surface area contributed by atoms with Crippen LogP contribution in [-0.4, -0.2) is 34.6 Å². The van der Waals surface area contributed by atoms with E-state index >= 15 is 0 Å². The molecule has 2 aromatic carbocycles. The summed E-state index contributed by atoms with van der Waals surface area (Å²) >= 11 is 7.63. The van der Waals surface area contributed by atoms with E-state index in [1.807, 2.05) is 39.0 Å². The maximum atomic E-state index is 13.8. The van der Waals surface area contributed by atoms with Crippen molar-refractivity contribution in [1.82, 2.24) is 10.2 Å². The zero-order valence-electron chi connectivity index (χ0n) is 17.5. The van der Waals surface area contributed by atoms with Crippen LogP contribution in [0.4, 0.5) is 4.39 Å². The molecule has 162 valence electrons. The molecule has 1 unspecified atom stereocenters. The number of hydrogen-bond acceptors (Lipinski definition) is 3. The van der Waals surface area contributed by atoms with Crippen LogP contribution < -0.4 is 5.32 Å². The lowest BCUT2D eigenvalue weighted by Gasteiger charge is -2.31. The molecule has 0 aliphatic heterocycles. The standard InChI is InChI=1S/C23H28ClFN2O2S/c1-4-21(23(29)26-16(2)3)27(13-17-9-5-7-11-19(17)24)22(28)15-30-14-18-10-6-8-12-20(18)25/h5-12,16,21H,4,13-15H2,1-3H3,(H,26,29). The SMILES string of the molecule is CCC(C(=O)NC(C)C)N(Cc1ccccc1Cl)C(=O)CSCc1ccccc1F. The van der Waals surface area contributed by atoms with Gasteiger partial charge in [-0.3, -0.25) is 9.59 Å². The quantitative estimate of drug-likeness (QED) is 0.551. The molecule has 2 amide bonds. The Hall–Kier alpha value is -2.05. The number of carbonyl (C=O) groups excluding carboxylic acids is 2. The largest absolute Gasteiger partial charge is 0.352 e. The Morgan fingerprint density at radius 3 is 2.33 bits per heavy atom. The molecule has 0 bridgehead atoms. The summed E-state index contributed by atoms with van der Waals surface area (Å²) in [7, 11) is 0. The molecule has 2 aromatic rings. The number of nitrogens with zero attached hydrogens (tertiary/aromatic N) is 1. The van der Waals surface area contributed by atoms with Crippen LogP contribution in [0.25, 0.3) is 0 Å². The number of halogens is 2. The molecule has 0 fully saturated rings. The van der Waals surface area contributed by atoms with Gasteiger partial charge in [0.25, 0.3) is 0 Å². The Labute approximate surface area is 187 Å². The van der Waals surface area contributed by atoms with Crippen molar-refractivity contribution in [3.8, 4) is 0 Å². The molecule has 0 heterocycles. The highest BCUT2D eigenvalue weighted by molar-refractivity contribution is 7.99. The van der Waals surface area contributed by atoms with E-state index in [1.165, 1.54) is 17.8 Å². The van der Waals surface area contributed by atoms with E-state index in [0.29, 0.717) is 22.8 Å². The van der Waals surface area contributed by atoms with Crippen molar-refractivity contribution in [3.05, 3.63) is 70.5 Å². The predicted molar refractivity (Wildman–Crippen MR) is 122 cm³/mol. The molecular formula is C23H28ClFN2O2S. The lowest BCUT2D eigenvalue weighted by molar-refractivity contribution is -0.139. The second kappa shape index (κ2) is 12.0. The normalized spacial score (nSPS) is 11.9. The van der Waals surface area contributed by atoms with E-state index in [4.69, 9.17) is 11.6 Å². The van der Waals surface area contributed by atoms with Gasteiger partial charge >= 0.3 is 0 Å². The van der Waals surface area contributed by atoms with Crippen LogP contribution in [-0.2, 0) is 21.9 Å². The van der Waals surface area contributed by atoms with Gasteiger partial charge in [-0.1, -0.05) is 54.9 Å². The molecule has 1 N–H and O–H groups in total. The average molecular weight is 451 g/mol. The predicted octanol–water partition coefficient (Wildman–Crippen LogP) is 5.04. The van der Waals surface area contributed by atoms with Gasteiger partial charge in [-0.2, -0.15) is 0 Å². The number of nitrogens with one attached hydrogen (secondary N) is 1. The number of hydrogen-bond donors (Lipinski definition) is 1. The molecule has 0 aliphatic carbocycles. The highest BCUT2D eigenvalue weighted by Crippen LogP contribution is 2.22. The molecule has 0 radical (unpaired) electrons.